The number of aryl methyl sites for hydroxylation is 1. The molecular weight excluding hydrogens is 307 g/mol. The molecule has 0 fully saturated rings. The van der Waals surface area contributed by atoms with Gasteiger partial charge >= 0.3 is 0 Å². The maximum Gasteiger partial charge on any atom is 0.243 e. The second-order valence-electron chi connectivity index (χ2n) is 3.87. The van der Waals surface area contributed by atoms with Gasteiger partial charge in [0.2, 0.25) is 10.0 Å². The Hall–Kier alpha value is -0.800. The molecule has 7 heteroatoms. The number of halogens is 2. The molecule has 0 bridgehead atoms. The van der Waals surface area contributed by atoms with Gasteiger partial charge in [0.1, 0.15) is 0 Å². The summed E-state index contributed by atoms with van der Waals surface area (Å²) in [6.07, 6.45) is 0. The van der Waals surface area contributed by atoms with Crippen molar-refractivity contribution in [3.05, 3.63) is 29.3 Å². The number of hydrogen-bond donors (Lipinski definition) is 0. The molecule has 0 aliphatic rings. The molecule has 19 heavy (non-hydrogen) atoms. The Kier molecular flexibility index (Phi) is 6.08. The van der Waals surface area contributed by atoms with E-state index in [0.717, 1.165) is 0 Å². The summed E-state index contributed by atoms with van der Waals surface area (Å²) in [6, 6.07) is 6.51. The summed E-state index contributed by atoms with van der Waals surface area (Å²) in [4.78, 5) is 0.127. The highest BCUT2D eigenvalue weighted by Crippen LogP contribution is 2.21. The molecule has 1 rings (SSSR count). The summed E-state index contributed by atoms with van der Waals surface area (Å²) in [7, 11) is -3.68. The fourth-order valence-electron chi connectivity index (χ4n) is 1.63. The first-order valence-electron chi connectivity index (χ1n) is 5.60. The van der Waals surface area contributed by atoms with Crippen molar-refractivity contribution in [2.45, 2.75) is 11.8 Å². The van der Waals surface area contributed by atoms with Crippen molar-refractivity contribution in [3.63, 3.8) is 0 Å². The third kappa shape index (κ3) is 3.83. The molecule has 4 nitrogen and oxygen atoms in total. The first kappa shape index (κ1) is 16.3. The number of nitrogens with zero attached hydrogens (tertiary/aromatic N) is 2. The molecule has 0 aromatic heterocycles. The van der Waals surface area contributed by atoms with Crippen LogP contribution < -0.4 is 0 Å². The van der Waals surface area contributed by atoms with Crippen molar-refractivity contribution >= 4 is 33.2 Å². The lowest BCUT2D eigenvalue weighted by atomic mass is 10.2. The summed E-state index contributed by atoms with van der Waals surface area (Å²) in [5.74, 6) is 0.375. The van der Waals surface area contributed by atoms with E-state index in [2.05, 4.69) is 0 Å². The fourth-order valence-corrected chi connectivity index (χ4v) is 3.93. The molecule has 0 saturated carbocycles. The number of rotatable bonds is 6. The van der Waals surface area contributed by atoms with Gasteiger partial charge < -0.3 is 0 Å². The van der Waals surface area contributed by atoms with Gasteiger partial charge in [-0.25, -0.2) is 8.42 Å². The van der Waals surface area contributed by atoms with Gasteiger partial charge in [-0.05, 0) is 24.6 Å². The zero-order valence-corrected chi connectivity index (χ0v) is 12.8. The quantitative estimate of drug-likeness (QED) is 0.756. The van der Waals surface area contributed by atoms with Crippen LogP contribution in [-0.4, -0.2) is 37.6 Å². The number of benzene rings is 1. The van der Waals surface area contributed by atoms with Crippen molar-refractivity contribution in [1.29, 1.82) is 5.26 Å². The maximum atomic E-state index is 12.5. The van der Waals surface area contributed by atoms with E-state index in [-0.39, 0.29) is 29.7 Å². The lowest BCUT2D eigenvalue weighted by Gasteiger charge is -2.21. The van der Waals surface area contributed by atoms with E-state index in [1.165, 1.54) is 10.4 Å². The van der Waals surface area contributed by atoms with Crippen LogP contribution in [0.3, 0.4) is 0 Å². The Labute approximate surface area is 123 Å². The van der Waals surface area contributed by atoms with Crippen LogP contribution in [0.1, 0.15) is 11.1 Å². The normalized spacial score (nSPS) is 11.5. The van der Waals surface area contributed by atoms with Crippen LogP contribution in [0, 0.1) is 18.3 Å². The number of alkyl halides is 2. The Morgan fingerprint density at radius 2 is 1.84 bits per heavy atom. The van der Waals surface area contributed by atoms with E-state index in [4.69, 9.17) is 28.5 Å². The highest BCUT2D eigenvalue weighted by molar-refractivity contribution is 7.89. The Morgan fingerprint density at radius 3 is 2.32 bits per heavy atom. The van der Waals surface area contributed by atoms with E-state index in [0.29, 0.717) is 11.1 Å². The summed E-state index contributed by atoms with van der Waals surface area (Å²) in [6.45, 7) is 2.06. The van der Waals surface area contributed by atoms with Crippen LogP contribution in [-0.2, 0) is 10.0 Å². The van der Waals surface area contributed by atoms with Crippen molar-refractivity contribution in [2.75, 3.05) is 24.8 Å². The van der Waals surface area contributed by atoms with Crippen LogP contribution in [0.4, 0.5) is 0 Å². The van der Waals surface area contributed by atoms with E-state index >= 15 is 0 Å². The standard InChI is InChI=1S/C12H14Cl2N2O2S/c1-10-2-3-11(9-15)8-12(10)19(17,18)16(6-4-13)7-5-14/h2-3,8H,4-7H2,1H3. The molecule has 0 radical (unpaired) electrons. The monoisotopic (exact) mass is 320 g/mol. The molecule has 0 heterocycles. The first-order valence-corrected chi connectivity index (χ1v) is 8.11. The second-order valence-corrected chi connectivity index (χ2v) is 6.54. The van der Waals surface area contributed by atoms with E-state index in [9.17, 15) is 8.42 Å². The van der Waals surface area contributed by atoms with Gasteiger partial charge in [-0.2, -0.15) is 9.57 Å². The van der Waals surface area contributed by atoms with Crippen LogP contribution >= 0.6 is 23.2 Å². The molecule has 104 valence electrons. The largest absolute Gasteiger partial charge is 0.243 e. The lowest BCUT2D eigenvalue weighted by Crippen LogP contribution is -2.34. The molecule has 0 saturated heterocycles. The molecule has 1 aromatic carbocycles. The van der Waals surface area contributed by atoms with Gasteiger partial charge in [0.25, 0.3) is 0 Å². The molecule has 1 aromatic rings. The molecule has 0 aliphatic carbocycles. The van der Waals surface area contributed by atoms with E-state index in [1.807, 2.05) is 6.07 Å². The molecule has 0 atom stereocenters. The topological polar surface area (TPSA) is 61.2 Å². The van der Waals surface area contributed by atoms with Crippen molar-refractivity contribution in [2.24, 2.45) is 0 Å². The summed E-state index contributed by atoms with van der Waals surface area (Å²) in [5, 5.41) is 8.86. The first-order chi connectivity index (χ1) is 8.97. The second kappa shape index (κ2) is 7.11. The van der Waals surface area contributed by atoms with Crippen molar-refractivity contribution < 1.29 is 8.42 Å². The van der Waals surface area contributed by atoms with Gasteiger partial charge in [-0.15, -0.1) is 23.2 Å². The maximum absolute atomic E-state index is 12.5. The minimum Gasteiger partial charge on any atom is -0.207 e. The minimum absolute atomic E-state index is 0.127. The smallest absolute Gasteiger partial charge is 0.207 e. The molecule has 0 spiro atoms. The molecule has 0 unspecified atom stereocenters. The summed E-state index contributed by atoms with van der Waals surface area (Å²) >= 11 is 11.2. The van der Waals surface area contributed by atoms with Crippen LogP contribution in [0.25, 0.3) is 0 Å². The highest BCUT2D eigenvalue weighted by Gasteiger charge is 2.25. The van der Waals surface area contributed by atoms with E-state index in [1.54, 1.807) is 19.1 Å². The summed E-state index contributed by atoms with van der Waals surface area (Å²) in [5.41, 5.74) is 0.897. The van der Waals surface area contributed by atoms with Crippen LogP contribution in [0.2, 0.25) is 0 Å². The van der Waals surface area contributed by atoms with Gasteiger partial charge in [0.05, 0.1) is 16.5 Å². The van der Waals surface area contributed by atoms with Crippen LogP contribution in [0.15, 0.2) is 23.1 Å². The van der Waals surface area contributed by atoms with Crippen molar-refractivity contribution in [1.82, 2.24) is 4.31 Å². The number of nitriles is 1. The van der Waals surface area contributed by atoms with Gasteiger partial charge in [-0.1, -0.05) is 6.07 Å². The predicted molar refractivity (Wildman–Crippen MR) is 76.1 cm³/mol. The molecule has 0 N–H and O–H groups in total. The summed E-state index contributed by atoms with van der Waals surface area (Å²) < 4.78 is 26.2. The third-order valence-corrected chi connectivity index (χ3v) is 4.98. The minimum atomic E-state index is -3.68. The van der Waals surface area contributed by atoms with Crippen LogP contribution in [0.5, 0.6) is 0 Å². The number of hydrogen-bond acceptors (Lipinski definition) is 3. The molecule has 0 aliphatic heterocycles. The third-order valence-electron chi connectivity index (χ3n) is 2.60. The van der Waals surface area contributed by atoms with Gasteiger partial charge in [0.15, 0.2) is 0 Å². The number of sulfonamides is 1. The predicted octanol–water partition coefficient (Wildman–Crippen LogP) is 2.33. The van der Waals surface area contributed by atoms with Gasteiger partial charge in [-0.3, -0.25) is 0 Å². The Morgan fingerprint density at radius 1 is 1.26 bits per heavy atom. The van der Waals surface area contributed by atoms with Crippen molar-refractivity contribution in [3.8, 4) is 6.07 Å². The average Bonchev–Trinajstić information content (AvgIpc) is 2.39. The SMILES string of the molecule is Cc1ccc(C#N)cc1S(=O)(=O)N(CCCl)CCCl. The lowest BCUT2D eigenvalue weighted by molar-refractivity contribution is 0.448. The van der Waals surface area contributed by atoms with E-state index < -0.39 is 10.0 Å². The Balaban J connectivity index is 3.28. The highest BCUT2D eigenvalue weighted by atomic mass is 35.5. The van der Waals surface area contributed by atoms with Gasteiger partial charge in [0, 0.05) is 24.8 Å². The fraction of sp³-hybridized carbons (Fsp3) is 0.417. The molecule has 0 amide bonds. The molecular formula is C12H14Cl2N2O2S. The zero-order chi connectivity index (χ0) is 14.5. The Bertz CT molecular complexity index is 576. The average molecular weight is 321 g/mol. The zero-order valence-electron chi connectivity index (χ0n) is 10.4.